The number of fused-ring (bicyclic) bond motifs is 1. The minimum Gasteiger partial charge on any atom is -0.462 e. The van der Waals surface area contributed by atoms with Crippen molar-refractivity contribution in [2.45, 2.75) is 34.1 Å². The van der Waals surface area contributed by atoms with Gasteiger partial charge in [-0.1, -0.05) is 18.2 Å². The third kappa shape index (κ3) is 4.96. The quantitative estimate of drug-likeness (QED) is 0.331. The molecule has 2 aromatic carbocycles. The molecule has 6 nitrogen and oxygen atoms in total. The van der Waals surface area contributed by atoms with Gasteiger partial charge < -0.3 is 24.8 Å². The summed E-state index contributed by atoms with van der Waals surface area (Å²) in [5, 5.41) is 7.57. The van der Waals surface area contributed by atoms with Gasteiger partial charge in [0.1, 0.15) is 5.00 Å². The zero-order chi connectivity index (χ0) is 23.5. The molecule has 0 radical (unpaired) electrons. The van der Waals surface area contributed by atoms with Crippen LogP contribution in [0.4, 0.5) is 10.7 Å². The lowest BCUT2D eigenvalue weighted by atomic mass is 10.0. The fourth-order valence-electron chi connectivity index (χ4n) is 3.70. The summed E-state index contributed by atoms with van der Waals surface area (Å²) in [6.07, 6.45) is 0.561. The Hall–Kier alpha value is -3.10. The fourth-order valence-corrected chi connectivity index (χ4v) is 5.04. The second-order valence-corrected chi connectivity index (χ2v) is 9.39. The highest BCUT2D eigenvalue weighted by molar-refractivity contribution is 7.80. The first-order valence-corrected chi connectivity index (χ1v) is 11.9. The maximum atomic E-state index is 13.0. The summed E-state index contributed by atoms with van der Waals surface area (Å²) < 4.78 is 16.3. The van der Waals surface area contributed by atoms with Crippen LogP contribution in [-0.2, 0) is 11.2 Å². The monoisotopic (exact) mass is 482 g/mol. The molecule has 0 spiro atoms. The molecular weight excluding hydrogens is 456 g/mol. The van der Waals surface area contributed by atoms with Gasteiger partial charge in [0.2, 0.25) is 6.79 Å². The van der Waals surface area contributed by atoms with Crippen LogP contribution in [0.15, 0.2) is 36.4 Å². The zero-order valence-corrected chi connectivity index (χ0v) is 20.7. The molecule has 0 bridgehead atoms. The maximum absolute atomic E-state index is 13.0. The summed E-state index contributed by atoms with van der Waals surface area (Å²) in [6, 6.07) is 11.9. The normalized spacial score (nSPS) is 11.9. The molecule has 0 aliphatic carbocycles. The van der Waals surface area contributed by atoms with Crippen LogP contribution in [0, 0.1) is 20.8 Å². The van der Waals surface area contributed by atoms with E-state index in [4.69, 9.17) is 26.4 Å². The molecule has 0 unspecified atom stereocenters. The fraction of sp³-hybridized carbons (Fsp3) is 0.280. The van der Waals surface area contributed by atoms with E-state index in [1.807, 2.05) is 44.2 Å². The predicted octanol–water partition coefficient (Wildman–Crippen LogP) is 5.98. The number of thiocarbonyl (C=S) groups is 1. The van der Waals surface area contributed by atoms with Crippen LogP contribution in [0.3, 0.4) is 0 Å². The molecule has 33 heavy (non-hydrogen) atoms. The SMILES string of the molecule is CCOC(=O)c1c(NC(=S)Nc2cccc(C)c2C)sc(C)c1Cc1ccc2c(c1)OCO2. The van der Waals surface area contributed by atoms with Crippen molar-refractivity contribution in [2.24, 2.45) is 0 Å². The van der Waals surface area contributed by atoms with E-state index in [1.54, 1.807) is 6.92 Å². The number of ether oxygens (including phenoxy) is 3. The zero-order valence-electron chi connectivity index (χ0n) is 19.0. The first-order valence-electron chi connectivity index (χ1n) is 10.7. The Balaban J connectivity index is 1.62. The van der Waals surface area contributed by atoms with Crippen LogP contribution in [0.2, 0.25) is 0 Å². The number of aryl methyl sites for hydroxylation is 2. The molecule has 172 valence electrons. The van der Waals surface area contributed by atoms with E-state index in [9.17, 15) is 4.79 Å². The van der Waals surface area contributed by atoms with Crippen LogP contribution in [-0.4, -0.2) is 24.5 Å². The number of hydrogen-bond donors (Lipinski definition) is 2. The van der Waals surface area contributed by atoms with Crippen molar-refractivity contribution in [1.29, 1.82) is 0 Å². The molecule has 0 amide bonds. The van der Waals surface area contributed by atoms with Gasteiger partial charge in [-0.2, -0.15) is 0 Å². The van der Waals surface area contributed by atoms with E-state index in [-0.39, 0.29) is 12.8 Å². The largest absolute Gasteiger partial charge is 0.462 e. The summed E-state index contributed by atoms with van der Waals surface area (Å²) in [6.45, 7) is 8.42. The van der Waals surface area contributed by atoms with Crippen LogP contribution >= 0.6 is 23.6 Å². The number of thiophene rings is 1. The Morgan fingerprint density at radius 1 is 1.12 bits per heavy atom. The summed E-state index contributed by atoms with van der Waals surface area (Å²) in [5.41, 5.74) is 5.68. The van der Waals surface area contributed by atoms with Gasteiger partial charge in [0.15, 0.2) is 16.6 Å². The molecular formula is C25H26N2O4S2. The molecule has 0 saturated carbocycles. The van der Waals surface area contributed by atoms with E-state index in [2.05, 4.69) is 23.6 Å². The van der Waals surface area contributed by atoms with E-state index in [0.29, 0.717) is 28.7 Å². The molecule has 1 aliphatic rings. The van der Waals surface area contributed by atoms with Crippen LogP contribution < -0.4 is 20.1 Å². The standard InChI is InChI=1S/C25H26N2O4S2/c1-5-29-24(28)22-18(11-17-9-10-20-21(12-17)31-13-30-20)16(4)33-23(22)27-25(32)26-19-8-6-7-14(2)15(19)3/h6-10,12H,5,11,13H2,1-4H3,(H2,26,27,32). The van der Waals surface area contributed by atoms with Gasteiger partial charge in [-0.3, -0.25) is 0 Å². The van der Waals surface area contributed by atoms with E-state index in [1.165, 1.54) is 16.9 Å². The number of esters is 1. The van der Waals surface area contributed by atoms with Crippen molar-refractivity contribution < 1.29 is 19.0 Å². The molecule has 4 rings (SSSR count). The number of nitrogens with one attached hydrogen (secondary N) is 2. The first-order chi connectivity index (χ1) is 15.9. The van der Waals surface area contributed by atoms with E-state index < -0.39 is 0 Å². The Labute approximate surface area is 202 Å². The predicted molar refractivity (Wildman–Crippen MR) is 136 cm³/mol. The van der Waals surface area contributed by atoms with E-state index in [0.717, 1.165) is 38.8 Å². The van der Waals surface area contributed by atoms with Gasteiger partial charge in [0.25, 0.3) is 0 Å². The number of rotatable bonds is 6. The number of anilines is 2. The van der Waals surface area contributed by atoms with Crippen LogP contribution in [0.1, 0.15) is 44.4 Å². The van der Waals surface area contributed by atoms with Crippen molar-refractivity contribution in [3.8, 4) is 11.5 Å². The molecule has 0 saturated heterocycles. The lowest BCUT2D eigenvalue weighted by Gasteiger charge is -2.14. The summed E-state index contributed by atoms with van der Waals surface area (Å²) >= 11 is 7.06. The lowest BCUT2D eigenvalue weighted by Crippen LogP contribution is -2.21. The minimum atomic E-state index is -0.366. The Kier molecular flexibility index (Phi) is 6.85. The molecule has 1 aromatic heterocycles. The third-order valence-corrected chi connectivity index (χ3v) is 6.85. The van der Waals surface area contributed by atoms with Crippen molar-refractivity contribution in [1.82, 2.24) is 0 Å². The summed E-state index contributed by atoms with van der Waals surface area (Å²) in [7, 11) is 0. The molecule has 2 heterocycles. The van der Waals surface area contributed by atoms with Crippen molar-refractivity contribution >= 4 is 45.3 Å². The first kappa shape index (κ1) is 23.1. The third-order valence-electron chi connectivity index (χ3n) is 5.59. The average Bonchev–Trinajstić information content (AvgIpc) is 3.35. The van der Waals surface area contributed by atoms with Crippen molar-refractivity contribution in [3.05, 3.63) is 69.1 Å². The highest BCUT2D eigenvalue weighted by atomic mass is 32.1. The van der Waals surface area contributed by atoms with Crippen molar-refractivity contribution in [3.63, 3.8) is 0 Å². The number of carbonyl (C=O) groups is 1. The van der Waals surface area contributed by atoms with Gasteiger partial charge >= 0.3 is 5.97 Å². The molecule has 2 N–H and O–H groups in total. The topological polar surface area (TPSA) is 68.8 Å². The molecule has 0 fully saturated rings. The molecule has 1 aliphatic heterocycles. The van der Waals surface area contributed by atoms with Gasteiger partial charge in [0, 0.05) is 10.6 Å². The van der Waals surface area contributed by atoms with Crippen molar-refractivity contribution in [2.75, 3.05) is 24.0 Å². The van der Waals surface area contributed by atoms with Gasteiger partial charge in [-0.25, -0.2) is 4.79 Å². The molecule has 0 atom stereocenters. The highest BCUT2D eigenvalue weighted by Gasteiger charge is 2.25. The second-order valence-electron chi connectivity index (χ2n) is 7.75. The number of benzene rings is 2. The van der Waals surface area contributed by atoms with Crippen LogP contribution in [0.25, 0.3) is 0 Å². The summed E-state index contributed by atoms with van der Waals surface area (Å²) in [5.74, 6) is 1.08. The minimum absolute atomic E-state index is 0.225. The van der Waals surface area contributed by atoms with Crippen LogP contribution in [0.5, 0.6) is 11.5 Å². The maximum Gasteiger partial charge on any atom is 0.341 e. The van der Waals surface area contributed by atoms with Gasteiger partial charge in [-0.05, 0) is 86.8 Å². The summed E-state index contributed by atoms with van der Waals surface area (Å²) in [4.78, 5) is 14.0. The number of hydrogen-bond acceptors (Lipinski definition) is 6. The highest BCUT2D eigenvalue weighted by Crippen LogP contribution is 2.38. The molecule has 3 aromatic rings. The Morgan fingerprint density at radius 2 is 1.91 bits per heavy atom. The lowest BCUT2D eigenvalue weighted by molar-refractivity contribution is 0.0527. The molecule has 8 heteroatoms. The Bertz CT molecular complexity index is 1220. The Morgan fingerprint density at radius 3 is 2.70 bits per heavy atom. The number of carbonyl (C=O) groups excluding carboxylic acids is 1. The van der Waals surface area contributed by atoms with E-state index >= 15 is 0 Å². The second kappa shape index (κ2) is 9.80. The average molecular weight is 483 g/mol. The smallest absolute Gasteiger partial charge is 0.341 e. The van der Waals surface area contributed by atoms with Gasteiger partial charge in [0.05, 0.1) is 12.2 Å². The van der Waals surface area contributed by atoms with Gasteiger partial charge in [-0.15, -0.1) is 11.3 Å².